The number of hydrogen-bond donors (Lipinski definition) is 1. The molecule has 1 aliphatic heterocycles. The van der Waals surface area contributed by atoms with Crippen molar-refractivity contribution in [3.63, 3.8) is 0 Å². The molecular formula is C19H20N2O2. The molecule has 3 rings (SSSR count). The minimum Gasteiger partial charge on any atom is -0.351 e. The number of carbonyl (C=O) groups is 2. The molecule has 1 unspecified atom stereocenters. The Kier molecular flexibility index (Phi) is 4.71. The predicted molar refractivity (Wildman–Crippen MR) is 89.0 cm³/mol. The van der Waals surface area contributed by atoms with Crippen molar-refractivity contribution in [3.05, 3.63) is 71.8 Å². The molecule has 0 aliphatic carbocycles. The van der Waals surface area contributed by atoms with E-state index in [1.807, 2.05) is 65.6 Å². The Bertz CT molecular complexity index is 670. The Morgan fingerprint density at radius 1 is 1.00 bits per heavy atom. The van der Waals surface area contributed by atoms with E-state index in [2.05, 4.69) is 5.32 Å². The molecule has 1 atom stereocenters. The molecule has 0 aromatic heterocycles. The first-order valence-corrected chi connectivity index (χ1v) is 7.90. The van der Waals surface area contributed by atoms with E-state index >= 15 is 0 Å². The molecule has 1 heterocycles. The van der Waals surface area contributed by atoms with Gasteiger partial charge in [0.05, 0.1) is 6.42 Å². The SMILES string of the molecule is O=C(Cc1ccccc1)NC1CCN(C(=O)c2ccccc2)C1. The van der Waals surface area contributed by atoms with E-state index in [1.165, 1.54) is 0 Å². The maximum Gasteiger partial charge on any atom is 0.253 e. The van der Waals surface area contributed by atoms with Gasteiger partial charge in [-0.1, -0.05) is 48.5 Å². The van der Waals surface area contributed by atoms with Crippen molar-refractivity contribution in [2.24, 2.45) is 0 Å². The summed E-state index contributed by atoms with van der Waals surface area (Å²) >= 11 is 0. The quantitative estimate of drug-likeness (QED) is 0.942. The van der Waals surface area contributed by atoms with Gasteiger partial charge in [-0.3, -0.25) is 9.59 Å². The van der Waals surface area contributed by atoms with E-state index in [-0.39, 0.29) is 17.9 Å². The van der Waals surface area contributed by atoms with Crippen molar-refractivity contribution < 1.29 is 9.59 Å². The molecule has 118 valence electrons. The average molecular weight is 308 g/mol. The molecule has 23 heavy (non-hydrogen) atoms. The standard InChI is InChI=1S/C19H20N2O2/c22-18(13-15-7-3-1-4-8-15)20-17-11-12-21(14-17)19(23)16-9-5-2-6-10-16/h1-10,17H,11-14H2,(H,20,22). The van der Waals surface area contributed by atoms with Gasteiger partial charge in [0, 0.05) is 24.7 Å². The molecule has 1 N–H and O–H groups in total. The Labute approximate surface area is 136 Å². The van der Waals surface area contributed by atoms with Crippen LogP contribution >= 0.6 is 0 Å². The fourth-order valence-corrected chi connectivity index (χ4v) is 2.89. The van der Waals surface area contributed by atoms with Gasteiger partial charge < -0.3 is 10.2 Å². The number of likely N-dealkylation sites (tertiary alicyclic amines) is 1. The van der Waals surface area contributed by atoms with E-state index in [0.29, 0.717) is 25.1 Å². The Hall–Kier alpha value is -2.62. The lowest BCUT2D eigenvalue weighted by molar-refractivity contribution is -0.121. The molecule has 2 aromatic rings. The lowest BCUT2D eigenvalue weighted by atomic mass is 10.1. The maximum absolute atomic E-state index is 12.4. The van der Waals surface area contributed by atoms with Crippen LogP contribution in [0.5, 0.6) is 0 Å². The topological polar surface area (TPSA) is 49.4 Å². The number of amides is 2. The Balaban J connectivity index is 1.52. The molecule has 1 fully saturated rings. The zero-order valence-electron chi connectivity index (χ0n) is 12.9. The van der Waals surface area contributed by atoms with Crippen molar-refractivity contribution in [1.29, 1.82) is 0 Å². The summed E-state index contributed by atoms with van der Waals surface area (Å²) in [7, 11) is 0. The van der Waals surface area contributed by atoms with Crippen LogP contribution in [0.3, 0.4) is 0 Å². The number of rotatable bonds is 4. The Morgan fingerprint density at radius 3 is 2.35 bits per heavy atom. The highest BCUT2D eigenvalue weighted by molar-refractivity contribution is 5.94. The first-order valence-electron chi connectivity index (χ1n) is 7.90. The second kappa shape index (κ2) is 7.09. The summed E-state index contributed by atoms with van der Waals surface area (Å²) in [5.74, 6) is 0.0422. The van der Waals surface area contributed by atoms with Crippen molar-refractivity contribution in [1.82, 2.24) is 10.2 Å². The van der Waals surface area contributed by atoms with Gasteiger partial charge in [-0.25, -0.2) is 0 Å². The second-order valence-corrected chi connectivity index (χ2v) is 5.83. The number of hydrogen-bond acceptors (Lipinski definition) is 2. The predicted octanol–water partition coefficient (Wildman–Crippen LogP) is 2.26. The summed E-state index contributed by atoms with van der Waals surface area (Å²) in [4.78, 5) is 26.3. The second-order valence-electron chi connectivity index (χ2n) is 5.83. The number of nitrogens with one attached hydrogen (secondary N) is 1. The van der Waals surface area contributed by atoms with Crippen LogP contribution in [0.4, 0.5) is 0 Å². The third kappa shape index (κ3) is 3.97. The summed E-state index contributed by atoms with van der Waals surface area (Å²) in [5.41, 5.74) is 1.70. The largest absolute Gasteiger partial charge is 0.351 e. The summed E-state index contributed by atoms with van der Waals surface area (Å²) < 4.78 is 0. The van der Waals surface area contributed by atoms with Crippen LogP contribution in [0.2, 0.25) is 0 Å². The molecule has 0 saturated carbocycles. The van der Waals surface area contributed by atoms with E-state index < -0.39 is 0 Å². The van der Waals surface area contributed by atoms with E-state index in [1.54, 1.807) is 0 Å². The van der Waals surface area contributed by atoms with Gasteiger partial charge in [-0.15, -0.1) is 0 Å². The van der Waals surface area contributed by atoms with Gasteiger partial charge in [0.2, 0.25) is 5.91 Å². The molecule has 2 aromatic carbocycles. The molecule has 0 spiro atoms. The highest BCUT2D eigenvalue weighted by Crippen LogP contribution is 2.14. The molecule has 4 nitrogen and oxygen atoms in total. The van der Waals surface area contributed by atoms with E-state index in [4.69, 9.17) is 0 Å². The molecule has 1 saturated heterocycles. The normalized spacial score (nSPS) is 17.0. The van der Waals surface area contributed by atoms with Crippen LogP contribution in [0.15, 0.2) is 60.7 Å². The number of carbonyl (C=O) groups excluding carboxylic acids is 2. The van der Waals surface area contributed by atoms with Crippen molar-refractivity contribution in [3.8, 4) is 0 Å². The summed E-state index contributed by atoms with van der Waals surface area (Å²) in [5, 5.41) is 3.03. The molecular weight excluding hydrogens is 288 g/mol. The van der Waals surface area contributed by atoms with Crippen LogP contribution in [-0.4, -0.2) is 35.8 Å². The van der Waals surface area contributed by atoms with Crippen LogP contribution in [-0.2, 0) is 11.2 Å². The fraction of sp³-hybridized carbons (Fsp3) is 0.263. The highest BCUT2D eigenvalue weighted by atomic mass is 16.2. The maximum atomic E-state index is 12.4. The van der Waals surface area contributed by atoms with Gasteiger partial charge >= 0.3 is 0 Å². The van der Waals surface area contributed by atoms with Crippen LogP contribution in [0.25, 0.3) is 0 Å². The number of benzene rings is 2. The van der Waals surface area contributed by atoms with E-state index in [0.717, 1.165) is 12.0 Å². The lowest BCUT2D eigenvalue weighted by Gasteiger charge is -2.17. The molecule has 0 bridgehead atoms. The van der Waals surface area contributed by atoms with Crippen LogP contribution in [0, 0.1) is 0 Å². The highest BCUT2D eigenvalue weighted by Gasteiger charge is 2.27. The summed E-state index contributed by atoms with van der Waals surface area (Å²) in [6, 6.07) is 19.0. The molecule has 1 aliphatic rings. The van der Waals surface area contributed by atoms with Gasteiger partial charge in [0.15, 0.2) is 0 Å². The van der Waals surface area contributed by atoms with E-state index in [9.17, 15) is 9.59 Å². The van der Waals surface area contributed by atoms with Crippen LogP contribution in [0.1, 0.15) is 22.3 Å². The zero-order valence-corrected chi connectivity index (χ0v) is 12.9. The minimum atomic E-state index is 0.00945. The smallest absolute Gasteiger partial charge is 0.253 e. The third-order valence-electron chi connectivity index (χ3n) is 4.07. The monoisotopic (exact) mass is 308 g/mol. The van der Waals surface area contributed by atoms with Gasteiger partial charge in [0.1, 0.15) is 0 Å². The molecule has 0 radical (unpaired) electrons. The summed E-state index contributed by atoms with van der Waals surface area (Å²) in [6.45, 7) is 1.26. The minimum absolute atomic E-state index is 0.00945. The average Bonchev–Trinajstić information content (AvgIpc) is 3.04. The summed E-state index contributed by atoms with van der Waals surface area (Å²) in [6.07, 6.45) is 1.18. The first kappa shape index (κ1) is 15.3. The van der Waals surface area contributed by atoms with Crippen molar-refractivity contribution in [2.75, 3.05) is 13.1 Å². The number of nitrogens with zero attached hydrogens (tertiary/aromatic N) is 1. The van der Waals surface area contributed by atoms with Crippen molar-refractivity contribution >= 4 is 11.8 Å². The molecule has 4 heteroatoms. The third-order valence-corrected chi connectivity index (χ3v) is 4.07. The van der Waals surface area contributed by atoms with Crippen molar-refractivity contribution in [2.45, 2.75) is 18.9 Å². The van der Waals surface area contributed by atoms with Gasteiger partial charge in [0.25, 0.3) is 5.91 Å². The lowest BCUT2D eigenvalue weighted by Crippen LogP contribution is -2.39. The molecule has 2 amide bonds. The van der Waals surface area contributed by atoms with Gasteiger partial charge in [-0.05, 0) is 24.1 Å². The van der Waals surface area contributed by atoms with Crippen LogP contribution < -0.4 is 5.32 Å². The zero-order chi connectivity index (χ0) is 16.1. The first-order chi connectivity index (χ1) is 11.2. The fourth-order valence-electron chi connectivity index (χ4n) is 2.89. The van der Waals surface area contributed by atoms with Gasteiger partial charge in [-0.2, -0.15) is 0 Å². The Morgan fingerprint density at radius 2 is 1.65 bits per heavy atom.